The molecule has 0 fully saturated rings. The van der Waals surface area contributed by atoms with E-state index in [1.807, 2.05) is 5.32 Å². The molecule has 0 aliphatic heterocycles. The summed E-state index contributed by atoms with van der Waals surface area (Å²) in [6, 6.07) is 1.31. The third kappa shape index (κ3) is 3.41. The van der Waals surface area contributed by atoms with Crippen molar-refractivity contribution in [3.63, 3.8) is 0 Å². The number of carboxylic acid groups (broad SMARTS) is 1. The highest BCUT2D eigenvalue weighted by atomic mass is 19.2. The second-order valence-corrected chi connectivity index (χ2v) is 3.50. The number of hydrogen-bond donors (Lipinski definition) is 3. The molecule has 1 aromatic carbocycles. The number of carboxylic acids is 1. The Kier molecular flexibility index (Phi) is 4.59. The molecule has 0 heterocycles. The summed E-state index contributed by atoms with van der Waals surface area (Å²) < 4.78 is 26.1. The molecule has 5 nitrogen and oxygen atoms in total. The zero-order valence-corrected chi connectivity index (χ0v) is 9.54. The average Bonchev–Trinajstić information content (AvgIpc) is 2.31. The number of rotatable bonds is 4. The largest absolute Gasteiger partial charge is 0.480 e. The smallest absolute Gasteiger partial charge is 0.326 e. The third-order valence-corrected chi connectivity index (χ3v) is 2.21. The van der Waals surface area contributed by atoms with Crippen LogP contribution in [-0.4, -0.2) is 23.1 Å². The lowest BCUT2D eigenvalue weighted by Crippen LogP contribution is -2.42. The lowest BCUT2D eigenvalue weighted by molar-refractivity contribution is -0.139. The van der Waals surface area contributed by atoms with Gasteiger partial charge in [-0.25, -0.2) is 18.4 Å². The first-order valence-corrected chi connectivity index (χ1v) is 5.20. The Morgan fingerprint density at radius 1 is 1.39 bits per heavy atom. The first-order valence-electron chi connectivity index (χ1n) is 5.20. The molecule has 18 heavy (non-hydrogen) atoms. The highest BCUT2D eigenvalue weighted by Gasteiger charge is 2.18. The van der Waals surface area contributed by atoms with E-state index in [9.17, 15) is 18.4 Å². The van der Waals surface area contributed by atoms with E-state index in [1.54, 1.807) is 6.92 Å². The molecule has 0 saturated heterocycles. The van der Waals surface area contributed by atoms with E-state index in [1.165, 1.54) is 12.1 Å². The number of hydrogen-bond acceptors (Lipinski definition) is 2. The Morgan fingerprint density at radius 2 is 2.06 bits per heavy atom. The van der Waals surface area contributed by atoms with Crippen LogP contribution >= 0.6 is 0 Å². The van der Waals surface area contributed by atoms with Crippen molar-refractivity contribution in [1.82, 2.24) is 5.32 Å². The van der Waals surface area contributed by atoms with E-state index < -0.39 is 29.7 Å². The summed E-state index contributed by atoms with van der Waals surface area (Å²) in [4.78, 5) is 22.0. The van der Waals surface area contributed by atoms with E-state index in [2.05, 4.69) is 5.32 Å². The van der Waals surface area contributed by atoms with Gasteiger partial charge in [-0.05, 0) is 18.6 Å². The minimum absolute atomic E-state index is 0.175. The minimum atomic E-state index is -1.20. The summed E-state index contributed by atoms with van der Waals surface area (Å²) in [6.07, 6.45) is 0.175. The fourth-order valence-electron chi connectivity index (χ4n) is 1.26. The number of aliphatic carboxylic acids is 1. The van der Waals surface area contributed by atoms with Gasteiger partial charge in [-0.1, -0.05) is 13.0 Å². The van der Waals surface area contributed by atoms with Gasteiger partial charge < -0.3 is 15.7 Å². The topological polar surface area (TPSA) is 78.4 Å². The number of halogens is 2. The molecule has 0 saturated carbocycles. The fourth-order valence-corrected chi connectivity index (χ4v) is 1.26. The Bertz CT molecular complexity index is 466. The van der Waals surface area contributed by atoms with Crippen molar-refractivity contribution < 1.29 is 23.5 Å². The molecule has 0 bridgehead atoms. The number of carbonyl (C=O) groups excluding carboxylic acids is 1. The van der Waals surface area contributed by atoms with Gasteiger partial charge in [0.15, 0.2) is 11.6 Å². The number of benzene rings is 1. The van der Waals surface area contributed by atoms with Crippen LogP contribution in [-0.2, 0) is 4.79 Å². The van der Waals surface area contributed by atoms with Crippen LogP contribution in [0.15, 0.2) is 18.2 Å². The van der Waals surface area contributed by atoms with Gasteiger partial charge in [-0.3, -0.25) is 0 Å². The van der Waals surface area contributed by atoms with Gasteiger partial charge >= 0.3 is 12.0 Å². The highest BCUT2D eigenvalue weighted by Crippen LogP contribution is 2.16. The molecule has 1 atom stereocenters. The average molecular weight is 258 g/mol. The van der Waals surface area contributed by atoms with Crippen molar-refractivity contribution in [3.05, 3.63) is 29.8 Å². The minimum Gasteiger partial charge on any atom is -0.480 e. The Labute approximate surface area is 102 Å². The molecule has 0 radical (unpaired) electrons. The predicted molar refractivity (Wildman–Crippen MR) is 60.2 cm³/mol. The second-order valence-electron chi connectivity index (χ2n) is 3.50. The quantitative estimate of drug-likeness (QED) is 0.772. The van der Waals surface area contributed by atoms with Crippen molar-refractivity contribution in [3.8, 4) is 0 Å². The zero-order chi connectivity index (χ0) is 13.7. The first-order chi connectivity index (χ1) is 8.45. The van der Waals surface area contributed by atoms with E-state index >= 15 is 0 Å². The third-order valence-electron chi connectivity index (χ3n) is 2.21. The highest BCUT2D eigenvalue weighted by molar-refractivity contribution is 5.92. The van der Waals surface area contributed by atoms with Gasteiger partial charge in [0.1, 0.15) is 6.04 Å². The summed E-state index contributed by atoms with van der Waals surface area (Å²) in [6.45, 7) is 1.57. The van der Waals surface area contributed by atoms with E-state index in [0.717, 1.165) is 6.07 Å². The first kappa shape index (κ1) is 13.9. The maximum absolute atomic E-state index is 13.2. The normalized spacial score (nSPS) is 11.7. The standard InChI is InChI=1S/C11H12F2N2O3/c1-2-7(10(16)17)14-11(18)15-8-5-3-4-6(12)9(8)13/h3-5,7H,2H2,1H3,(H,16,17)(H2,14,15,18). The fraction of sp³-hybridized carbons (Fsp3) is 0.273. The number of urea groups is 1. The van der Waals surface area contributed by atoms with Crippen LogP contribution in [0.4, 0.5) is 19.3 Å². The monoisotopic (exact) mass is 258 g/mol. The number of amides is 2. The molecule has 1 aromatic rings. The SMILES string of the molecule is CCC(NC(=O)Nc1cccc(F)c1F)C(=O)O. The maximum atomic E-state index is 13.2. The molecule has 1 rings (SSSR count). The lowest BCUT2D eigenvalue weighted by atomic mass is 10.2. The van der Waals surface area contributed by atoms with Gasteiger partial charge in [0.2, 0.25) is 0 Å². The zero-order valence-electron chi connectivity index (χ0n) is 9.54. The lowest BCUT2D eigenvalue weighted by Gasteiger charge is -2.13. The number of anilines is 1. The van der Waals surface area contributed by atoms with Gasteiger partial charge in [-0.2, -0.15) is 0 Å². The molecular formula is C11H12F2N2O3. The van der Waals surface area contributed by atoms with Crippen LogP contribution in [0, 0.1) is 11.6 Å². The molecule has 1 unspecified atom stereocenters. The van der Waals surface area contributed by atoms with E-state index in [4.69, 9.17) is 5.11 Å². The summed E-state index contributed by atoms with van der Waals surface area (Å²) in [7, 11) is 0. The van der Waals surface area contributed by atoms with Gasteiger partial charge in [0.05, 0.1) is 5.69 Å². The Morgan fingerprint density at radius 3 is 2.61 bits per heavy atom. The van der Waals surface area contributed by atoms with Crippen LogP contribution < -0.4 is 10.6 Å². The summed E-state index contributed by atoms with van der Waals surface area (Å²) in [5.74, 6) is -3.50. The number of nitrogens with one attached hydrogen (secondary N) is 2. The van der Waals surface area contributed by atoms with Crippen molar-refractivity contribution in [1.29, 1.82) is 0 Å². The van der Waals surface area contributed by atoms with Crippen molar-refractivity contribution >= 4 is 17.7 Å². The summed E-state index contributed by atoms with van der Waals surface area (Å²) in [5, 5.41) is 12.9. The Hall–Kier alpha value is -2.18. The van der Waals surface area contributed by atoms with Gasteiger partial charge in [-0.15, -0.1) is 0 Å². The predicted octanol–water partition coefficient (Wildman–Crippen LogP) is 1.95. The summed E-state index contributed by atoms with van der Waals surface area (Å²) >= 11 is 0. The van der Waals surface area contributed by atoms with Crippen LogP contribution in [0.2, 0.25) is 0 Å². The molecular weight excluding hydrogens is 246 g/mol. The van der Waals surface area contributed by atoms with E-state index in [0.29, 0.717) is 0 Å². The van der Waals surface area contributed by atoms with Gasteiger partial charge in [0, 0.05) is 0 Å². The molecule has 2 amide bonds. The van der Waals surface area contributed by atoms with Crippen molar-refractivity contribution in [2.75, 3.05) is 5.32 Å². The van der Waals surface area contributed by atoms with Crippen LogP contribution in [0.3, 0.4) is 0 Å². The van der Waals surface area contributed by atoms with Crippen LogP contribution in [0.25, 0.3) is 0 Å². The summed E-state index contributed by atoms with van der Waals surface area (Å²) in [5.41, 5.74) is -0.354. The molecule has 98 valence electrons. The Balaban J connectivity index is 2.70. The number of carbonyl (C=O) groups is 2. The molecule has 0 aliphatic rings. The molecule has 7 heteroatoms. The van der Waals surface area contributed by atoms with Gasteiger partial charge in [0.25, 0.3) is 0 Å². The van der Waals surface area contributed by atoms with Crippen molar-refractivity contribution in [2.24, 2.45) is 0 Å². The van der Waals surface area contributed by atoms with Crippen molar-refractivity contribution in [2.45, 2.75) is 19.4 Å². The maximum Gasteiger partial charge on any atom is 0.326 e. The second kappa shape index (κ2) is 5.95. The molecule has 0 spiro atoms. The van der Waals surface area contributed by atoms with E-state index in [-0.39, 0.29) is 12.1 Å². The molecule has 3 N–H and O–H groups in total. The molecule has 0 aromatic heterocycles. The van der Waals surface area contributed by atoms with Crippen LogP contribution in [0.5, 0.6) is 0 Å². The van der Waals surface area contributed by atoms with Crippen LogP contribution in [0.1, 0.15) is 13.3 Å². The molecule has 0 aliphatic carbocycles.